The molecule has 1 aromatic rings. The Morgan fingerprint density at radius 1 is 1.31 bits per heavy atom. The highest BCUT2D eigenvalue weighted by atomic mass is 16.3. The topological polar surface area (TPSA) is 40.5 Å². The number of carbonyl (C=O) groups excluding carboxylic acids is 1. The lowest BCUT2D eigenvalue weighted by Crippen LogP contribution is -2.23. The predicted molar refractivity (Wildman–Crippen MR) is 50.5 cm³/mol. The molecule has 0 fully saturated rings. The Labute approximate surface area is 77.6 Å². The van der Waals surface area contributed by atoms with Crippen LogP contribution in [-0.2, 0) is 11.2 Å². The van der Waals surface area contributed by atoms with Crippen LogP contribution in [0.4, 0.5) is 0 Å². The van der Waals surface area contributed by atoms with Crippen LogP contribution in [0.25, 0.3) is 0 Å². The molecule has 1 rings (SSSR count). The maximum absolute atomic E-state index is 11.3. The number of phenolic OH excluding ortho intramolecular Hbond substituents is 1. The first-order chi connectivity index (χ1) is 6.09. The van der Waals surface area contributed by atoms with Gasteiger partial charge in [0, 0.05) is 14.1 Å². The molecule has 1 aromatic carbocycles. The number of benzene rings is 1. The van der Waals surface area contributed by atoms with E-state index in [1.807, 2.05) is 0 Å². The van der Waals surface area contributed by atoms with Crippen LogP contribution in [0.2, 0.25) is 0 Å². The summed E-state index contributed by atoms with van der Waals surface area (Å²) < 4.78 is 0. The van der Waals surface area contributed by atoms with Crippen LogP contribution < -0.4 is 0 Å². The Bertz CT molecular complexity index is 290. The third-order valence-corrected chi connectivity index (χ3v) is 1.79. The van der Waals surface area contributed by atoms with E-state index in [1.165, 1.54) is 0 Å². The molecule has 0 bridgehead atoms. The van der Waals surface area contributed by atoms with Crippen LogP contribution in [0.1, 0.15) is 5.56 Å². The first-order valence-electron chi connectivity index (χ1n) is 4.07. The molecule has 3 nitrogen and oxygen atoms in total. The second-order valence-corrected chi connectivity index (χ2v) is 3.13. The summed E-state index contributed by atoms with van der Waals surface area (Å²) in [4.78, 5) is 12.8. The van der Waals surface area contributed by atoms with E-state index in [-0.39, 0.29) is 11.7 Å². The van der Waals surface area contributed by atoms with Gasteiger partial charge in [0.2, 0.25) is 5.91 Å². The summed E-state index contributed by atoms with van der Waals surface area (Å²) in [6, 6.07) is 6.66. The van der Waals surface area contributed by atoms with Crippen LogP contribution >= 0.6 is 0 Å². The summed E-state index contributed by atoms with van der Waals surface area (Å²) in [7, 11) is 3.45. The molecule has 0 radical (unpaired) electrons. The number of carbonyl (C=O) groups is 1. The van der Waals surface area contributed by atoms with E-state index in [2.05, 4.69) is 0 Å². The molecule has 0 spiro atoms. The number of rotatable bonds is 2. The van der Waals surface area contributed by atoms with E-state index in [4.69, 9.17) is 5.11 Å². The Morgan fingerprint density at radius 2 is 1.85 bits per heavy atom. The van der Waals surface area contributed by atoms with Crippen molar-refractivity contribution in [3.05, 3.63) is 29.8 Å². The van der Waals surface area contributed by atoms with Crippen molar-refractivity contribution in [2.45, 2.75) is 6.42 Å². The molecule has 1 N–H and O–H groups in total. The standard InChI is InChI=1S/C10H13NO2/c1-11(2)10(13)7-8-3-5-9(12)6-4-8/h3-6,12H,7H2,1-2H3. The van der Waals surface area contributed by atoms with Crippen LogP contribution in [0.5, 0.6) is 5.75 Å². The molecule has 1 amide bonds. The van der Waals surface area contributed by atoms with Crippen molar-refractivity contribution < 1.29 is 9.90 Å². The first-order valence-corrected chi connectivity index (χ1v) is 4.07. The van der Waals surface area contributed by atoms with Crippen molar-refractivity contribution in [2.75, 3.05) is 14.1 Å². The zero-order chi connectivity index (χ0) is 9.84. The van der Waals surface area contributed by atoms with Gasteiger partial charge in [-0.2, -0.15) is 0 Å². The fourth-order valence-corrected chi connectivity index (χ4v) is 0.947. The number of nitrogens with zero attached hydrogens (tertiary/aromatic N) is 1. The van der Waals surface area contributed by atoms with E-state index in [0.717, 1.165) is 5.56 Å². The van der Waals surface area contributed by atoms with E-state index in [0.29, 0.717) is 6.42 Å². The summed E-state index contributed by atoms with van der Waals surface area (Å²) in [5.74, 6) is 0.284. The lowest BCUT2D eigenvalue weighted by Gasteiger charge is -2.09. The molecule has 0 heterocycles. The van der Waals surface area contributed by atoms with Gasteiger partial charge in [0.25, 0.3) is 0 Å². The summed E-state index contributed by atoms with van der Waals surface area (Å²) in [6.07, 6.45) is 0.382. The smallest absolute Gasteiger partial charge is 0.226 e. The zero-order valence-electron chi connectivity index (χ0n) is 7.82. The molecule has 13 heavy (non-hydrogen) atoms. The third kappa shape index (κ3) is 2.78. The molecule has 0 aliphatic heterocycles. The van der Waals surface area contributed by atoms with E-state index in [1.54, 1.807) is 43.3 Å². The average molecular weight is 179 g/mol. The summed E-state index contributed by atoms with van der Waals surface area (Å²) >= 11 is 0. The molecular formula is C10H13NO2. The Morgan fingerprint density at radius 3 is 2.31 bits per heavy atom. The molecule has 0 saturated carbocycles. The molecule has 0 atom stereocenters. The Hall–Kier alpha value is -1.51. The maximum Gasteiger partial charge on any atom is 0.226 e. The second kappa shape index (κ2) is 3.94. The Balaban J connectivity index is 2.65. The minimum absolute atomic E-state index is 0.0608. The van der Waals surface area contributed by atoms with Crippen LogP contribution in [0, 0.1) is 0 Å². The largest absolute Gasteiger partial charge is 0.508 e. The van der Waals surface area contributed by atoms with Crippen molar-refractivity contribution >= 4 is 5.91 Å². The highest BCUT2D eigenvalue weighted by Crippen LogP contribution is 2.10. The van der Waals surface area contributed by atoms with Crippen molar-refractivity contribution in [1.29, 1.82) is 0 Å². The van der Waals surface area contributed by atoms with Gasteiger partial charge in [-0.25, -0.2) is 0 Å². The average Bonchev–Trinajstić information content (AvgIpc) is 2.08. The van der Waals surface area contributed by atoms with Crippen molar-refractivity contribution in [1.82, 2.24) is 4.90 Å². The first kappa shape index (κ1) is 9.58. The van der Waals surface area contributed by atoms with Gasteiger partial charge >= 0.3 is 0 Å². The highest BCUT2D eigenvalue weighted by Gasteiger charge is 2.04. The van der Waals surface area contributed by atoms with Crippen LogP contribution in [0.3, 0.4) is 0 Å². The lowest BCUT2D eigenvalue weighted by molar-refractivity contribution is -0.127. The molecule has 0 aliphatic carbocycles. The van der Waals surface area contributed by atoms with Gasteiger partial charge in [-0.15, -0.1) is 0 Å². The maximum atomic E-state index is 11.3. The number of hydrogen-bond acceptors (Lipinski definition) is 2. The minimum Gasteiger partial charge on any atom is -0.508 e. The predicted octanol–water partition coefficient (Wildman–Crippen LogP) is 1.02. The van der Waals surface area contributed by atoms with Crippen molar-refractivity contribution in [2.24, 2.45) is 0 Å². The normalized spacial score (nSPS) is 9.69. The minimum atomic E-state index is 0.0608. The van der Waals surface area contributed by atoms with Crippen LogP contribution in [-0.4, -0.2) is 30.0 Å². The molecular weight excluding hydrogens is 166 g/mol. The number of amides is 1. The number of hydrogen-bond donors (Lipinski definition) is 1. The van der Waals surface area contributed by atoms with Gasteiger partial charge in [-0.05, 0) is 17.7 Å². The monoisotopic (exact) mass is 179 g/mol. The molecule has 0 saturated heterocycles. The van der Waals surface area contributed by atoms with Gasteiger partial charge in [0.15, 0.2) is 0 Å². The number of phenols is 1. The second-order valence-electron chi connectivity index (χ2n) is 3.13. The number of likely N-dealkylation sites (N-methyl/N-ethyl adjacent to an activating group) is 1. The van der Waals surface area contributed by atoms with Gasteiger partial charge in [0.1, 0.15) is 5.75 Å². The van der Waals surface area contributed by atoms with Crippen molar-refractivity contribution in [3.63, 3.8) is 0 Å². The molecule has 0 aliphatic rings. The molecule has 70 valence electrons. The zero-order valence-corrected chi connectivity index (χ0v) is 7.82. The summed E-state index contributed by atoms with van der Waals surface area (Å²) in [6.45, 7) is 0. The highest BCUT2D eigenvalue weighted by molar-refractivity contribution is 5.78. The summed E-state index contributed by atoms with van der Waals surface area (Å²) in [5, 5.41) is 9.00. The molecule has 3 heteroatoms. The quantitative estimate of drug-likeness (QED) is 0.736. The van der Waals surface area contributed by atoms with Crippen LogP contribution in [0.15, 0.2) is 24.3 Å². The lowest BCUT2D eigenvalue weighted by atomic mass is 10.1. The Kier molecular flexibility index (Phi) is 2.90. The molecule has 0 unspecified atom stereocenters. The molecule has 0 aromatic heterocycles. The SMILES string of the molecule is CN(C)C(=O)Cc1ccc(O)cc1. The van der Waals surface area contributed by atoms with Crippen molar-refractivity contribution in [3.8, 4) is 5.75 Å². The fraction of sp³-hybridized carbons (Fsp3) is 0.300. The van der Waals surface area contributed by atoms with E-state index < -0.39 is 0 Å². The third-order valence-electron chi connectivity index (χ3n) is 1.79. The van der Waals surface area contributed by atoms with Gasteiger partial charge in [-0.1, -0.05) is 12.1 Å². The summed E-state index contributed by atoms with van der Waals surface area (Å²) in [5.41, 5.74) is 0.913. The van der Waals surface area contributed by atoms with E-state index in [9.17, 15) is 4.79 Å². The number of aromatic hydroxyl groups is 1. The van der Waals surface area contributed by atoms with Gasteiger partial charge < -0.3 is 10.0 Å². The fourth-order valence-electron chi connectivity index (χ4n) is 0.947. The van der Waals surface area contributed by atoms with Gasteiger partial charge in [-0.3, -0.25) is 4.79 Å². The van der Waals surface area contributed by atoms with E-state index >= 15 is 0 Å². The van der Waals surface area contributed by atoms with Gasteiger partial charge in [0.05, 0.1) is 6.42 Å².